The molecule has 0 aliphatic carbocycles. The molecule has 0 radical (unpaired) electrons. The maximum Gasteiger partial charge on any atom is 0.261 e. The van der Waals surface area contributed by atoms with Gasteiger partial charge >= 0.3 is 0 Å². The first-order chi connectivity index (χ1) is 9.95. The molecule has 2 aromatic rings. The second kappa shape index (κ2) is 6.85. The Morgan fingerprint density at radius 2 is 1.81 bits per heavy atom. The van der Waals surface area contributed by atoms with Crippen LogP contribution in [0.2, 0.25) is 0 Å². The molecule has 112 valence electrons. The van der Waals surface area contributed by atoms with Crippen molar-refractivity contribution in [3.8, 4) is 10.4 Å². The summed E-state index contributed by atoms with van der Waals surface area (Å²) in [5.74, 6) is 0.260. The van der Waals surface area contributed by atoms with Crippen molar-refractivity contribution >= 4 is 17.2 Å². The zero-order chi connectivity index (χ0) is 15.4. The van der Waals surface area contributed by atoms with Crippen molar-refractivity contribution < 1.29 is 9.18 Å². The lowest BCUT2D eigenvalue weighted by atomic mass is 10.1. The fraction of sp³-hybridized carbons (Fsp3) is 0.353. The molecule has 1 atom stereocenters. The van der Waals surface area contributed by atoms with Gasteiger partial charge in [0, 0.05) is 10.9 Å². The van der Waals surface area contributed by atoms with Gasteiger partial charge in [0.25, 0.3) is 5.91 Å². The van der Waals surface area contributed by atoms with Gasteiger partial charge in [-0.1, -0.05) is 26.0 Å². The van der Waals surface area contributed by atoms with Crippen LogP contribution in [-0.2, 0) is 0 Å². The fourth-order valence-corrected chi connectivity index (χ4v) is 3.20. The zero-order valence-electron chi connectivity index (χ0n) is 12.5. The molecule has 2 nitrogen and oxygen atoms in total. The van der Waals surface area contributed by atoms with E-state index in [-0.39, 0.29) is 17.8 Å². The molecule has 0 spiro atoms. The first-order valence-electron chi connectivity index (χ1n) is 7.12. The fourth-order valence-electron chi connectivity index (χ4n) is 2.29. The van der Waals surface area contributed by atoms with Gasteiger partial charge in [-0.25, -0.2) is 4.39 Å². The Morgan fingerprint density at radius 1 is 1.14 bits per heavy atom. The van der Waals surface area contributed by atoms with Crippen LogP contribution in [0.5, 0.6) is 0 Å². The van der Waals surface area contributed by atoms with E-state index in [1.165, 1.54) is 23.5 Å². The molecule has 0 aliphatic rings. The second-order valence-corrected chi connectivity index (χ2v) is 6.76. The number of carbonyl (C=O) groups excluding carboxylic acids is 1. The molecule has 0 bridgehead atoms. The standard InChI is InChI=1S/C17H20FNOS/c1-11(2)10-12(3)19-17(20)16-9-8-15(21-16)13-4-6-14(18)7-5-13/h4-9,11-12H,10H2,1-3H3,(H,19,20)/t12-/m1/s1. The van der Waals surface area contributed by atoms with Crippen LogP contribution in [0.4, 0.5) is 4.39 Å². The summed E-state index contributed by atoms with van der Waals surface area (Å²) in [7, 11) is 0. The molecule has 4 heteroatoms. The van der Waals surface area contributed by atoms with Crippen molar-refractivity contribution in [3.63, 3.8) is 0 Å². The van der Waals surface area contributed by atoms with E-state index in [1.807, 2.05) is 19.1 Å². The SMILES string of the molecule is CC(C)C[C@@H](C)NC(=O)c1ccc(-c2ccc(F)cc2)s1. The average molecular weight is 305 g/mol. The molecule has 1 amide bonds. The van der Waals surface area contributed by atoms with E-state index < -0.39 is 0 Å². The number of amides is 1. The van der Waals surface area contributed by atoms with Gasteiger partial charge in [-0.3, -0.25) is 4.79 Å². The molecular formula is C17H20FNOS. The first kappa shape index (κ1) is 15.7. The van der Waals surface area contributed by atoms with Gasteiger partial charge < -0.3 is 5.32 Å². The third-order valence-electron chi connectivity index (χ3n) is 3.16. The predicted molar refractivity (Wildman–Crippen MR) is 86.1 cm³/mol. The van der Waals surface area contributed by atoms with Crippen molar-refractivity contribution in [2.45, 2.75) is 33.2 Å². The van der Waals surface area contributed by atoms with Gasteiger partial charge in [0.1, 0.15) is 5.82 Å². The number of nitrogens with one attached hydrogen (secondary N) is 1. The van der Waals surface area contributed by atoms with Crippen molar-refractivity contribution in [3.05, 3.63) is 47.1 Å². The monoisotopic (exact) mass is 305 g/mol. The van der Waals surface area contributed by atoms with Crippen LogP contribution in [0, 0.1) is 11.7 Å². The topological polar surface area (TPSA) is 29.1 Å². The largest absolute Gasteiger partial charge is 0.349 e. The highest BCUT2D eigenvalue weighted by Gasteiger charge is 2.13. The summed E-state index contributed by atoms with van der Waals surface area (Å²) in [6.07, 6.45) is 0.960. The lowest BCUT2D eigenvalue weighted by Gasteiger charge is -2.15. The van der Waals surface area contributed by atoms with Gasteiger partial charge in [0.05, 0.1) is 4.88 Å². The molecule has 1 aromatic heterocycles. The van der Waals surface area contributed by atoms with Gasteiger partial charge in [-0.2, -0.15) is 0 Å². The molecule has 21 heavy (non-hydrogen) atoms. The molecule has 1 aromatic carbocycles. The Balaban J connectivity index is 2.05. The lowest BCUT2D eigenvalue weighted by Crippen LogP contribution is -2.32. The molecule has 0 saturated heterocycles. The summed E-state index contributed by atoms with van der Waals surface area (Å²) >= 11 is 1.43. The first-order valence-corrected chi connectivity index (χ1v) is 7.94. The van der Waals surface area contributed by atoms with Crippen LogP contribution in [0.25, 0.3) is 10.4 Å². The van der Waals surface area contributed by atoms with Gasteiger partial charge in [0.2, 0.25) is 0 Å². The number of rotatable bonds is 5. The van der Waals surface area contributed by atoms with Crippen molar-refractivity contribution in [2.24, 2.45) is 5.92 Å². The summed E-state index contributed by atoms with van der Waals surface area (Å²) < 4.78 is 12.9. The van der Waals surface area contributed by atoms with Crippen LogP contribution in [-0.4, -0.2) is 11.9 Å². The number of halogens is 1. The minimum Gasteiger partial charge on any atom is -0.349 e. The summed E-state index contributed by atoms with van der Waals surface area (Å²) in [4.78, 5) is 13.8. The Hall–Kier alpha value is -1.68. The molecule has 1 heterocycles. The molecular weight excluding hydrogens is 285 g/mol. The summed E-state index contributed by atoms with van der Waals surface area (Å²) in [6.45, 7) is 6.30. The van der Waals surface area contributed by atoms with Crippen LogP contribution >= 0.6 is 11.3 Å². The van der Waals surface area contributed by atoms with E-state index in [1.54, 1.807) is 12.1 Å². The predicted octanol–water partition coefficient (Wildman–Crippen LogP) is 4.72. The summed E-state index contributed by atoms with van der Waals surface area (Å²) in [5, 5.41) is 3.01. The number of hydrogen-bond acceptors (Lipinski definition) is 2. The minimum absolute atomic E-state index is 0.0403. The third-order valence-corrected chi connectivity index (χ3v) is 4.29. The number of hydrogen-bond donors (Lipinski definition) is 1. The van der Waals surface area contributed by atoms with Crippen LogP contribution in [0.15, 0.2) is 36.4 Å². The van der Waals surface area contributed by atoms with Crippen LogP contribution in [0.3, 0.4) is 0 Å². The Labute approximate surface area is 129 Å². The normalized spacial score (nSPS) is 12.4. The summed E-state index contributed by atoms with van der Waals surface area (Å²) in [6, 6.07) is 10.2. The molecule has 1 N–H and O–H groups in total. The minimum atomic E-state index is -0.254. The Bertz CT molecular complexity index is 604. The average Bonchev–Trinajstić information content (AvgIpc) is 2.88. The molecule has 0 fully saturated rings. The van der Waals surface area contributed by atoms with E-state index in [2.05, 4.69) is 19.2 Å². The van der Waals surface area contributed by atoms with Crippen molar-refractivity contribution in [1.29, 1.82) is 0 Å². The Kier molecular flexibility index (Phi) is 5.12. The molecule has 2 rings (SSSR count). The van der Waals surface area contributed by atoms with Gasteiger partial charge in [-0.05, 0) is 49.1 Å². The highest BCUT2D eigenvalue weighted by atomic mass is 32.1. The van der Waals surface area contributed by atoms with Crippen molar-refractivity contribution in [2.75, 3.05) is 0 Å². The highest BCUT2D eigenvalue weighted by Crippen LogP contribution is 2.28. The van der Waals surface area contributed by atoms with Crippen LogP contribution < -0.4 is 5.32 Å². The lowest BCUT2D eigenvalue weighted by molar-refractivity contribution is 0.0940. The molecule has 0 saturated carbocycles. The van der Waals surface area contributed by atoms with Crippen LogP contribution in [0.1, 0.15) is 36.9 Å². The molecule has 0 unspecified atom stereocenters. The number of carbonyl (C=O) groups is 1. The van der Waals surface area contributed by atoms with E-state index >= 15 is 0 Å². The number of thiophene rings is 1. The maximum atomic E-state index is 12.9. The number of benzene rings is 1. The maximum absolute atomic E-state index is 12.9. The quantitative estimate of drug-likeness (QED) is 0.851. The molecule has 0 aliphatic heterocycles. The van der Waals surface area contributed by atoms with Gasteiger partial charge in [0.15, 0.2) is 0 Å². The Morgan fingerprint density at radius 3 is 2.43 bits per heavy atom. The van der Waals surface area contributed by atoms with E-state index in [9.17, 15) is 9.18 Å². The highest BCUT2D eigenvalue weighted by molar-refractivity contribution is 7.17. The van der Waals surface area contributed by atoms with Gasteiger partial charge in [-0.15, -0.1) is 11.3 Å². The van der Waals surface area contributed by atoms with E-state index in [0.717, 1.165) is 16.9 Å². The zero-order valence-corrected chi connectivity index (χ0v) is 13.3. The second-order valence-electron chi connectivity index (χ2n) is 5.67. The smallest absolute Gasteiger partial charge is 0.261 e. The van der Waals surface area contributed by atoms with E-state index in [4.69, 9.17) is 0 Å². The third kappa shape index (κ3) is 4.39. The van der Waals surface area contributed by atoms with Crippen molar-refractivity contribution in [1.82, 2.24) is 5.32 Å². The van der Waals surface area contributed by atoms with E-state index in [0.29, 0.717) is 10.8 Å². The summed E-state index contributed by atoms with van der Waals surface area (Å²) in [5.41, 5.74) is 0.927.